The average molecular weight is 355 g/mol. The zero-order chi connectivity index (χ0) is 18.9. The Kier molecular flexibility index (Phi) is 7.14. The van der Waals surface area contributed by atoms with Gasteiger partial charge in [0.05, 0.1) is 29.7 Å². The Morgan fingerprint density at radius 1 is 1.08 bits per heavy atom. The molecule has 0 unspecified atom stereocenters. The fourth-order valence-corrected chi connectivity index (χ4v) is 2.56. The van der Waals surface area contributed by atoms with Gasteiger partial charge in [-0.05, 0) is 44.0 Å². The molecule has 0 atom stereocenters. The Hall–Kier alpha value is -2.89. The van der Waals surface area contributed by atoms with Crippen molar-refractivity contribution in [1.29, 1.82) is 0 Å². The van der Waals surface area contributed by atoms with Crippen molar-refractivity contribution in [1.82, 2.24) is 4.98 Å². The van der Waals surface area contributed by atoms with Gasteiger partial charge in [0.15, 0.2) is 0 Å². The van der Waals surface area contributed by atoms with Crippen LogP contribution in [0.1, 0.15) is 44.0 Å². The topological polar surface area (TPSA) is 80.3 Å². The first-order valence-electron chi connectivity index (χ1n) is 8.89. The summed E-state index contributed by atoms with van der Waals surface area (Å²) in [5.74, 6) is 0.196. The second-order valence-electron chi connectivity index (χ2n) is 5.83. The van der Waals surface area contributed by atoms with Crippen molar-refractivity contribution in [2.75, 3.05) is 17.2 Å². The van der Waals surface area contributed by atoms with Crippen molar-refractivity contribution < 1.29 is 14.3 Å². The predicted octanol–water partition coefficient (Wildman–Crippen LogP) is 4.38. The first-order chi connectivity index (χ1) is 12.6. The highest BCUT2D eigenvalue weighted by Crippen LogP contribution is 2.21. The molecule has 2 rings (SSSR count). The van der Waals surface area contributed by atoms with Gasteiger partial charge in [-0.1, -0.05) is 26.0 Å². The van der Waals surface area contributed by atoms with Crippen molar-refractivity contribution >= 4 is 29.1 Å². The van der Waals surface area contributed by atoms with Crippen LogP contribution >= 0.6 is 0 Å². The van der Waals surface area contributed by atoms with Crippen LogP contribution in [0.4, 0.5) is 17.2 Å². The lowest BCUT2D eigenvalue weighted by Crippen LogP contribution is -2.21. The largest absolute Gasteiger partial charge is 0.462 e. The quantitative estimate of drug-likeness (QED) is 0.687. The molecule has 1 amide bonds. The standard InChI is InChI=1S/C20H25N3O3/c1-4-14(5-2)19(24)22-15-11-12-18(21-13-15)23-17-10-8-7-9-16(17)20(25)26-6-3/h7-14H,4-6H2,1-3H3,(H,21,23)(H,22,24). The monoisotopic (exact) mass is 355 g/mol. The van der Waals surface area contributed by atoms with Gasteiger partial charge in [-0.3, -0.25) is 4.79 Å². The third-order valence-electron chi connectivity index (χ3n) is 4.07. The maximum absolute atomic E-state index is 12.1. The summed E-state index contributed by atoms with van der Waals surface area (Å²) >= 11 is 0. The van der Waals surface area contributed by atoms with Gasteiger partial charge in [-0.25, -0.2) is 9.78 Å². The fourth-order valence-electron chi connectivity index (χ4n) is 2.56. The van der Waals surface area contributed by atoms with Crippen LogP contribution in [-0.2, 0) is 9.53 Å². The Labute approximate surface area is 154 Å². The maximum Gasteiger partial charge on any atom is 0.340 e. The summed E-state index contributed by atoms with van der Waals surface area (Å²) in [4.78, 5) is 28.5. The summed E-state index contributed by atoms with van der Waals surface area (Å²) in [6, 6.07) is 10.6. The molecule has 1 heterocycles. The van der Waals surface area contributed by atoms with E-state index in [9.17, 15) is 9.59 Å². The van der Waals surface area contributed by atoms with Gasteiger partial charge < -0.3 is 15.4 Å². The average Bonchev–Trinajstić information content (AvgIpc) is 2.65. The molecule has 0 saturated heterocycles. The number of anilines is 3. The van der Waals surface area contributed by atoms with Crippen LogP contribution in [0.25, 0.3) is 0 Å². The number of hydrogen-bond acceptors (Lipinski definition) is 5. The van der Waals surface area contributed by atoms with Gasteiger partial charge in [0.2, 0.25) is 5.91 Å². The number of aromatic nitrogens is 1. The number of rotatable bonds is 8. The van der Waals surface area contributed by atoms with Gasteiger partial charge in [0.1, 0.15) is 5.82 Å². The van der Waals surface area contributed by atoms with E-state index in [1.165, 1.54) is 0 Å². The second kappa shape index (κ2) is 9.56. The molecule has 138 valence electrons. The Morgan fingerprint density at radius 3 is 2.42 bits per heavy atom. The molecule has 0 aliphatic rings. The molecule has 0 radical (unpaired) electrons. The van der Waals surface area contributed by atoms with Crippen LogP contribution in [0.15, 0.2) is 42.6 Å². The van der Waals surface area contributed by atoms with Crippen LogP contribution in [0.5, 0.6) is 0 Å². The van der Waals surface area contributed by atoms with Crippen molar-refractivity contribution in [3.63, 3.8) is 0 Å². The first-order valence-corrected chi connectivity index (χ1v) is 8.89. The number of para-hydroxylation sites is 1. The third kappa shape index (κ3) is 5.05. The van der Waals surface area contributed by atoms with Crippen LogP contribution in [0, 0.1) is 5.92 Å². The van der Waals surface area contributed by atoms with E-state index in [1.807, 2.05) is 19.9 Å². The van der Waals surface area contributed by atoms with Gasteiger partial charge in [-0.15, -0.1) is 0 Å². The van der Waals surface area contributed by atoms with E-state index in [1.54, 1.807) is 43.5 Å². The lowest BCUT2D eigenvalue weighted by molar-refractivity contribution is -0.120. The molecule has 1 aromatic carbocycles. The number of nitrogens with one attached hydrogen (secondary N) is 2. The van der Waals surface area contributed by atoms with Crippen molar-refractivity contribution in [3.8, 4) is 0 Å². The normalized spacial score (nSPS) is 10.5. The van der Waals surface area contributed by atoms with Crippen molar-refractivity contribution in [2.24, 2.45) is 5.92 Å². The van der Waals surface area contributed by atoms with E-state index in [0.717, 1.165) is 12.8 Å². The highest BCUT2D eigenvalue weighted by atomic mass is 16.5. The molecule has 0 bridgehead atoms. The van der Waals surface area contributed by atoms with Gasteiger partial charge >= 0.3 is 5.97 Å². The maximum atomic E-state index is 12.1. The SMILES string of the molecule is CCOC(=O)c1ccccc1Nc1ccc(NC(=O)C(CC)CC)cn1. The van der Waals surface area contributed by atoms with Crippen molar-refractivity contribution in [3.05, 3.63) is 48.2 Å². The number of pyridine rings is 1. The van der Waals surface area contributed by atoms with Crippen LogP contribution < -0.4 is 10.6 Å². The molecule has 6 nitrogen and oxygen atoms in total. The lowest BCUT2D eigenvalue weighted by Gasteiger charge is -2.13. The van der Waals surface area contributed by atoms with Gasteiger partial charge in [0, 0.05) is 5.92 Å². The Bertz CT molecular complexity index is 740. The molecule has 0 aliphatic heterocycles. The Morgan fingerprint density at radius 2 is 1.81 bits per heavy atom. The summed E-state index contributed by atoms with van der Waals surface area (Å²) in [6.45, 7) is 6.08. The fraction of sp³-hybridized carbons (Fsp3) is 0.350. The zero-order valence-corrected chi connectivity index (χ0v) is 15.4. The number of ether oxygens (including phenoxy) is 1. The van der Waals surface area contributed by atoms with Crippen LogP contribution in [-0.4, -0.2) is 23.5 Å². The summed E-state index contributed by atoms with van der Waals surface area (Å²) < 4.78 is 5.07. The van der Waals surface area contributed by atoms with Gasteiger partial charge in [0.25, 0.3) is 0 Å². The van der Waals surface area contributed by atoms with Crippen LogP contribution in [0.2, 0.25) is 0 Å². The number of hydrogen-bond donors (Lipinski definition) is 2. The molecule has 0 spiro atoms. The van der Waals surface area contributed by atoms with E-state index in [0.29, 0.717) is 29.4 Å². The second-order valence-corrected chi connectivity index (χ2v) is 5.83. The molecule has 26 heavy (non-hydrogen) atoms. The minimum atomic E-state index is -0.385. The molecular weight excluding hydrogens is 330 g/mol. The summed E-state index contributed by atoms with van der Waals surface area (Å²) in [5, 5.41) is 5.99. The molecule has 2 N–H and O–H groups in total. The van der Waals surface area contributed by atoms with E-state index in [4.69, 9.17) is 4.74 Å². The smallest absolute Gasteiger partial charge is 0.340 e. The van der Waals surface area contributed by atoms with E-state index >= 15 is 0 Å². The minimum Gasteiger partial charge on any atom is -0.462 e. The minimum absolute atomic E-state index is 0.00394. The number of benzene rings is 1. The third-order valence-corrected chi connectivity index (χ3v) is 4.07. The number of esters is 1. The number of nitrogens with zero attached hydrogens (tertiary/aromatic N) is 1. The Balaban J connectivity index is 2.08. The summed E-state index contributed by atoms with van der Waals surface area (Å²) in [7, 11) is 0. The summed E-state index contributed by atoms with van der Waals surface area (Å²) in [6.07, 6.45) is 3.20. The van der Waals surface area contributed by atoms with E-state index in [2.05, 4.69) is 15.6 Å². The molecule has 0 saturated carbocycles. The molecule has 1 aromatic heterocycles. The highest BCUT2D eigenvalue weighted by Gasteiger charge is 2.15. The zero-order valence-electron chi connectivity index (χ0n) is 15.4. The molecule has 0 aliphatic carbocycles. The molecular formula is C20H25N3O3. The number of carbonyl (C=O) groups is 2. The van der Waals surface area contributed by atoms with E-state index in [-0.39, 0.29) is 17.8 Å². The highest BCUT2D eigenvalue weighted by molar-refractivity contribution is 5.96. The van der Waals surface area contributed by atoms with Gasteiger partial charge in [-0.2, -0.15) is 0 Å². The van der Waals surface area contributed by atoms with E-state index < -0.39 is 0 Å². The molecule has 6 heteroatoms. The molecule has 0 fully saturated rings. The van der Waals surface area contributed by atoms with Crippen LogP contribution in [0.3, 0.4) is 0 Å². The number of amides is 1. The first kappa shape index (κ1) is 19.4. The number of carbonyl (C=O) groups excluding carboxylic acids is 2. The summed E-state index contributed by atoms with van der Waals surface area (Å²) in [5.41, 5.74) is 1.71. The lowest BCUT2D eigenvalue weighted by atomic mass is 10.0. The molecule has 2 aromatic rings. The predicted molar refractivity (Wildman–Crippen MR) is 103 cm³/mol. The van der Waals surface area contributed by atoms with Crippen molar-refractivity contribution in [2.45, 2.75) is 33.6 Å².